The summed E-state index contributed by atoms with van der Waals surface area (Å²) in [6.07, 6.45) is 6.93. The standard InChI is InChI=1S/C15H26N4O/c1-15(2,20-3)7-10-16-13-5-11-19(12-6-13)14-17-8-4-9-18-14/h4,8-9,13,16H,5-7,10-12H2,1-3H3. The third-order valence-corrected chi connectivity index (χ3v) is 4.04. The molecular weight excluding hydrogens is 252 g/mol. The Morgan fingerprint density at radius 3 is 2.55 bits per heavy atom. The van der Waals surface area contributed by atoms with Crippen molar-refractivity contribution in [3.8, 4) is 0 Å². The summed E-state index contributed by atoms with van der Waals surface area (Å²) in [5, 5.41) is 3.64. The molecular formula is C15H26N4O. The smallest absolute Gasteiger partial charge is 0.225 e. The lowest BCUT2D eigenvalue weighted by Gasteiger charge is -2.33. The van der Waals surface area contributed by atoms with Crippen molar-refractivity contribution in [1.82, 2.24) is 15.3 Å². The Labute approximate surface area is 121 Å². The third kappa shape index (κ3) is 4.42. The summed E-state index contributed by atoms with van der Waals surface area (Å²) in [4.78, 5) is 10.9. The molecule has 2 heterocycles. The lowest BCUT2D eigenvalue weighted by molar-refractivity contribution is 0.0152. The lowest BCUT2D eigenvalue weighted by Crippen LogP contribution is -2.44. The molecule has 0 amide bonds. The summed E-state index contributed by atoms with van der Waals surface area (Å²) >= 11 is 0. The van der Waals surface area contributed by atoms with Gasteiger partial charge >= 0.3 is 0 Å². The fourth-order valence-corrected chi connectivity index (χ4v) is 2.42. The Balaban J connectivity index is 1.70. The van der Waals surface area contributed by atoms with E-state index in [2.05, 4.69) is 34.0 Å². The average molecular weight is 278 g/mol. The molecule has 1 aromatic heterocycles. The minimum absolute atomic E-state index is 0.0361. The number of aromatic nitrogens is 2. The van der Waals surface area contributed by atoms with Crippen LogP contribution in [0.3, 0.4) is 0 Å². The van der Waals surface area contributed by atoms with Crippen molar-refractivity contribution in [3.05, 3.63) is 18.5 Å². The van der Waals surface area contributed by atoms with E-state index in [4.69, 9.17) is 4.74 Å². The molecule has 112 valence electrons. The molecule has 0 spiro atoms. The zero-order chi connectivity index (χ0) is 14.4. The minimum atomic E-state index is -0.0361. The molecule has 1 aromatic rings. The second-order valence-electron chi connectivity index (χ2n) is 5.98. The quantitative estimate of drug-likeness (QED) is 0.860. The van der Waals surface area contributed by atoms with Crippen LogP contribution in [-0.2, 0) is 4.74 Å². The van der Waals surface area contributed by atoms with E-state index in [1.54, 1.807) is 19.5 Å². The number of piperidine rings is 1. The molecule has 0 unspecified atom stereocenters. The van der Waals surface area contributed by atoms with E-state index in [-0.39, 0.29) is 5.60 Å². The maximum absolute atomic E-state index is 5.44. The fourth-order valence-electron chi connectivity index (χ4n) is 2.42. The van der Waals surface area contributed by atoms with Crippen LogP contribution in [0.1, 0.15) is 33.1 Å². The van der Waals surface area contributed by atoms with E-state index in [1.165, 1.54) is 0 Å². The molecule has 1 aliphatic rings. The highest BCUT2D eigenvalue weighted by Crippen LogP contribution is 2.16. The van der Waals surface area contributed by atoms with E-state index >= 15 is 0 Å². The van der Waals surface area contributed by atoms with Gasteiger partial charge in [-0.3, -0.25) is 0 Å². The van der Waals surface area contributed by atoms with Gasteiger partial charge in [0.2, 0.25) is 5.95 Å². The van der Waals surface area contributed by atoms with Gasteiger partial charge in [-0.1, -0.05) is 0 Å². The molecule has 1 N–H and O–H groups in total. The Bertz CT molecular complexity index is 388. The molecule has 0 aromatic carbocycles. The largest absolute Gasteiger partial charge is 0.379 e. The van der Waals surface area contributed by atoms with Gasteiger partial charge in [0.25, 0.3) is 0 Å². The zero-order valence-electron chi connectivity index (χ0n) is 12.8. The topological polar surface area (TPSA) is 50.3 Å². The predicted octanol–water partition coefficient (Wildman–Crippen LogP) is 1.85. The maximum Gasteiger partial charge on any atom is 0.225 e. The van der Waals surface area contributed by atoms with Crippen molar-refractivity contribution in [3.63, 3.8) is 0 Å². The average Bonchev–Trinajstić information content (AvgIpc) is 2.49. The molecule has 1 aliphatic heterocycles. The number of ether oxygens (including phenoxy) is 1. The van der Waals surface area contributed by atoms with Crippen LogP contribution in [0.5, 0.6) is 0 Å². The summed E-state index contributed by atoms with van der Waals surface area (Å²) in [5.74, 6) is 0.853. The van der Waals surface area contributed by atoms with Crippen LogP contribution in [0.25, 0.3) is 0 Å². The molecule has 0 bridgehead atoms. The summed E-state index contributed by atoms with van der Waals surface area (Å²) in [6, 6.07) is 2.46. The number of hydrogen-bond donors (Lipinski definition) is 1. The van der Waals surface area contributed by atoms with Crippen molar-refractivity contribution in [1.29, 1.82) is 0 Å². The van der Waals surface area contributed by atoms with Crippen LogP contribution in [-0.4, -0.2) is 48.4 Å². The predicted molar refractivity (Wildman–Crippen MR) is 81.0 cm³/mol. The van der Waals surface area contributed by atoms with Gasteiger partial charge in [-0.2, -0.15) is 0 Å². The molecule has 0 saturated carbocycles. The monoisotopic (exact) mass is 278 g/mol. The maximum atomic E-state index is 5.44. The number of nitrogens with zero attached hydrogens (tertiary/aromatic N) is 3. The summed E-state index contributed by atoms with van der Waals surface area (Å²) in [6.45, 7) is 7.31. The second kappa shape index (κ2) is 6.99. The number of hydrogen-bond acceptors (Lipinski definition) is 5. The second-order valence-corrected chi connectivity index (χ2v) is 5.98. The van der Waals surface area contributed by atoms with E-state index < -0.39 is 0 Å². The highest BCUT2D eigenvalue weighted by molar-refractivity contribution is 5.29. The van der Waals surface area contributed by atoms with Gasteiger partial charge in [0.1, 0.15) is 0 Å². The highest BCUT2D eigenvalue weighted by atomic mass is 16.5. The highest BCUT2D eigenvalue weighted by Gasteiger charge is 2.21. The fraction of sp³-hybridized carbons (Fsp3) is 0.733. The molecule has 0 aliphatic carbocycles. The van der Waals surface area contributed by atoms with Crippen molar-refractivity contribution < 1.29 is 4.74 Å². The van der Waals surface area contributed by atoms with Gasteiger partial charge in [0.15, 0.2) is 0 Å². The van der Waals surface area contributed by atoms with Crippen LogP contribution < -0.4 is 10.2 Å². The van der Waals surface area contributed by atoms with Crippen LogP contribution in [0.2, 0.25) is 0 Å². The molecule has 20 heavy (non-hydrogen) atoms. The molecule has 1 saturated heterocycles. The SMILES string of the molecule is COC(C)(C)CCNC1CCN(c2ncccn2)CC1. The van der Waals surface area contributed by atoms with Crippen molar-refractivity contribution in [2.45, 2.75) is 44.8 Å². The van der Waals surface area contributed by atoms with Gasteiger partial charge in [0, 0.05) is 38.6 Å². The molecule has 0 atom stereocenters. The van der Waals surface area contributed by atoms with Crippen molar-refractivity contribution in [2.75, 3.05) is 31.6 Å². The normalized spacial score (nSPS) is 17.4. The van der Waals surface area contributed by atoms with Crippen LogP contribution in [0.15, 0.2) is 18.5 Å². The van der Waals surface area contributed by atoms with E-state index in [0.29, 0.717) is 6.04 Å². The van der Waals surface area contributed by atoms with E-state index in [1.807, 2.05) is 6.07 Å². The van der Waals surface area contributed by atoms with Crippen LogP contribution in [0.4, 0.5) is 5.95 Å². The van der Waals surface area contributed by atoms with Gasteiger partial charge < -0.3 is 15.0 Å². The van der Waals surface area contributed by atoms with Gasteiger partial charge in [-0.05, 0) is 45.7 Å². The first-order valence-electron chi connectivity index (χ1n) is 7.41. The lowest BCUT2D eigenvalue weighted by atomic mass is 10.0. The van der Waals surface area contributed by atoms with Gasteiger partial charge in [-0.25, -0.2) is 9.97 Å². The zero-order valence-corrected chi connectivity index (χ0v) is 12.8. The molecule has 5 nitrogen and oxygen atoms in total. The van der Waals surface area contributed by atoms with Gasteiger partial charge in [-0.15, -0.1) is 0 Å². The number of methoxy groups -OCH3 is 1. The minimum Gasteiger partial charge on any atom is -0.379 e. The first-order valence-corrected chi connectivity index (χ1v) is 7.41. The molecule has 5 heteroatoms. The van der Waals surface area contributed by atoms with Gasteiger partial charge in [0.05, 0.1) is 5.60 Å². The van der Waals surface area contributed by atoms with E-state index in [9.17, 15) is 0 Å². The number of anilines is 1. The first-order chi connectivity index (χ1) is 9.61. The van der Waals surface area contributed by atoms with E-state index in [0.717, 1.165) is 44.8 Å². The molecule has 0 radical (unpaired) electrons. The third-order valence-electron chi connectivity index (χ3n) is 4.04. The Hall–Kier alpha value is -1.20. The first kappa shape index (κ1) is 15.2. The Kier molecular flexibility index (Phi) is 5.31. The Morgan fingerprint density at radius 1 is 1.30 bits per heavy atom. The van der Waals surface area contributed by atoms with Crippen LogP contribution >= 0.6 is 0 Å². The summed E-state index contributed by atoms with van der Waals surface area (Å²) in [5.41, 5.74) is -0.0361. The number of rotatable bonds is 6. The summed E-state index contributed by atoms with van der Waals surface area (Å²) in [7, 11) is 1.78. The van der Waals surface area contributed by atoms with Crippen molar-refractivity contribution in [2.24, 2.45) is 0 Å². The Morgan fingerprint density at radius 2 is 1.95 bits per heavy atom. The van der Waals surface area contributed by atoms with Crippen molar-refractivity contribution >= 4 is 5.95 Å². The molecule has 1 fully saturated rings. The summed E-state index contributed by atoms with van der Waals surface area (Å²) < 4.78 is 5.44. The molecule has 2 rings (SSSR count). The number of nitrogens with one attached hydrogen (secondary N) is 1. The van der Waals surface area contributed by atoms with Crippen LogP contribution in [0, 0.1) is 0 Å².